The van der Waals surface area contributed by atoms with Gasteiger partial charge in [0.05, 0.1) is 51.4 Å². The van der Waals surface area contributed by atoms with Gasteiger partial charge in [0.25, 0.3) is 0 Å². The first kappa shape index (κ1) is 37.8. The first-order chi connectivity index (χ1) is 26.6. The molecule has 0 saturated carbocycles. The molecule has 0 spiro atoms. The lowest BCUT2D eigenvalue weighted by molar-refractivity contribution is -0.142. The summed E-state index contributed by atoms with van der Waals surface area (Å²) in [7, 11) is 2.59. The molecule has 1 aromatic heterocycles. The highest BCUT2D eigenvalue weighted by Crippen LogP contribution is 2.35. The van der Waals surface area contributed by atoms with Gasteiger partial charge in [-0.3, -0.25) is 14.6 Å². The summed E-state index contributed by atoms with van der Waals surface area (Å²) in [6.07, 6.45) is 6.48. The molecule has 3 aromatic rings. The summed E-state index contributed by atoms with van der Waals surface area (Å²) in [5.41, 5.74) is 7.15. The predicted molar refractivity (Wildman–Crippen MR) is 206 cm³/mol. The molecule has 55 heavy (non-hydrogen) atoms. The van der Waals surface area contributed by atoms with E-state index in [1.54, 1.807) is 6.20 Å². The Balaban J connectivity index is 0.967. The van der Waals surface area contributed by atoms with Crippen LogP contribution in [-0.2, 0) is 23.8 Å². The third kappa shape index (κ3) is 8.00. The molecule has 7 rings (SSSR count). The number of allylic oxidation sites excluding steroid dienone is 1. The standard InChI is InChI=1S/C41H49N7O7/c1-24(2)35(45-40(51)53-3)38(49)47-17-5-7-33(47)31-19-29(20-42-31)27-11-9-25(10-12-27)26-13-15-28(16-14-26)32-21-43-37(44-32)34-8-6-18-48(34)39(50)36(30-22-55-23-30)46-41(52)54-4/h9-16,20-21,24,30,33-36H,5-8,17-19,22-23H2,1-4H3,(H,43,44)(H,45,51)(H,46,52)/t33-,34-,35-,36?/m0/s1. The number of nitrogens with zero attached hydrogens (tertiary/aromatic N) is 4. The average Bonchev–Trinajstić information content (AvgIpc) is 4.02. The van der Waals surface area contributed by atoms with Crippen LogP contribution in [0.5, 0.6) is 0 Å². The number of carbonyl (C=O) groups is 4. The Morgan fingerprint density at radius 1 is 0.800 bits per heavy atom. The van der Waals surface area contributed by atoms with Gasteiger partial charge in [-0.25, -0.2) is 14.6 Å². The number of hydrogen-bond donors (Lipinski definition) is 3. The van der Waals surface area contributed by atoms with Crippen molar-refractivity contribution in [3.63, 3.8) is 0 Å². The molecule has 14 nitrogen and oxygen atoms in total. The summed E-state index contributed by atoms with van der Waals surface area (Å²) >= 11 is 0. The molecule has 3 saturated heterocycles. The van der Waals surface area contributed by atoms with Crippen LogP contribution in [0.3, 0.4) is 0 Å². The second kappa shape index (κ2) is 16.5. The van der Waals surface area contributed by atoms with Crippen molar-refractivity contribution < 1.29 is 33.4 Å². The van der Waals surface area contributed by atoms with Crippen LogP contribution in [0.1, 0.15) is 63.4 Å². The van der Waals surface area contributed by atoms with Crippen molar-refractivity contribution >= 4 is 35.3 Å². The summed E-state index contributed by atoms with van der Waals surface area (Å²) < 4.78 is 14.9. The molecule has 290 valence electrons. The molecule has 5 heterocycles. The van der Waals surface area contributed by atoms with Gasteiger partial charge in [0, 0.05) is 37.3 Å². The third-order valence-corrected chi connectivity index (χ3v) is 11.2. The molecular weight excluding hydrogens is 702 g/mol. The Bertz CT molecular complexity index is 1950. The van der Waals surface area contributed by atoms with Crippen LogP contribution < -0.4 is 10.6 Å². The van der Waals surface area contributed by atoms with Crippen LogP contribution in [-0.4, -0.2) is 108 Å². The molecule has 3 N–H and O–H groups in total. The smallest absolute Gasteiger partial charge is 0.407 e. The minimum atomic E-state index is -0.708. The number of nitrogens with one attached hydrogen (secondary N) is 3. The van der Waals surface area contributed by atoms with Gasteiger partial charge in [0.2, 0.25) is 11.8 Å². The van der Waals surface area contributed by atoms with Crippen LogP contribution >= 0.6 is 0 Å². The van der Waals surface area contributed by atoms with Gasteiger partial charge in [0.15, 0.2) is 0 Å². The van der Waals surface area contributed by atoms with Crippen molar-refractivity contribution in [1.29, 1.82) is 0 Å². The molecule has 1 unspecified atom stereocenters. The zero-order valence-corrected chi connectivity index (χ0v) is 31.7. The Morgan fingerprint density at radius 3 is 1.98 bits per heavy atom. The fraction of sp³-hybridized carbons (Fsp3) is 0.463. The summed E-state index contributed by atoms with van der Waals surface area (Å²) in [5.74, 6) is 0.293. The molecule has 4 atom stereocenters. The largest absolute Gasteiger partial charge is 0.453 e. The van der Waals surface area contributed by atoms with Gasteiger partial charge in [-0.15, -0.1) is 0 Å². The Hall–Kier alpha value is -5.50. The number of imidazole rings is 1. The van der Waals surface area contributed by atoms with Gasteiger partial charge >= 0.3 is 12.2 Å². The van der Waals surface area contributed by atoms with E-state index in [1.165, 1.54) is 14.2 Å². The zero-order chi connectivity index (χ0) is 38.6. The molecule has 0 aliphatic carbocycles. The number of H-pyrrole nitrogens is 1. The van der Waals surface area contributed by atoms with E-state index in [1.807, 2.05) is 29.8 Å². The van der Waals surface area contributed by atoms with Crippen LogP contribution in [0.4, 0.5) is 9.59 Å². The predicted octanol–water partition coefficient (Wildman–Crippen LogP) is 5.34. The van der Waals surface area contributed by atoms with Crippen molar-refractivity contribution in [1.82, 2.24) is 30.4 Å². The van der Waals surface area contributed by atoms with E-state index >= 15 is 0 Å². The number of likely N-dealkylation sites (tertiary alicyclic amines) is 2. The number of alkyl carbamates (subject to hydrolysis) is 2. The highest BCUT2D eigenvalue weighted by Gasteiger charge is 2.42. The van der Waals surface area contributed by atoms with Gasteiger partial charge < -0.3 is 39.6 Å². The maximum Gasteiger partial charge on any atom is 0.407 e. The first-order valence-corrected chi connectivity index (χ1v) is 19.0. The lowest BCUT2D eigenvalue weighted by Gasteiger charge is -2.36. The van der Waals surface area contributed by atoms with Crippen molar-refractivity contribution in [3.05, 3.63) is 72.3 Å². The van der Waals surface area contributed by atoms with Crippen LogP contribution in [0, 0.1) is 11.8 Å². The van der Waals surface area contributed by atoms with Gasteiger partial charge in [0.1, 0.15) is 17.9 Å². The topological polar surface area (TPSA) is 168 Å². The van der Waals surface area contributed by atoms with Crippen LogP contribution in [0.2, 0.25) is 0 Å². The fourth-order valence-electron chi connectivity index (χ4n) is 7.96. The van der Waals surface area contributed by atoms with E-state index in [9.17, 15) is 19.2 Å². The number of aliphatic imine (C=N–C) groups is 1. The number of benzene rings is 2. The van der Waals surface area contributed by atoms with E-state index in [0.29, 0.717) is 32.7 Å². The lowest BCUT2D eigenvalue weighted by atomic mass is 9.95. The van der Waals surface area contributed by atoms with E-state index in [4.69, 9.17) is 19.2 Å². The highest BCUT2D eigenvalue weighted by atomic mass is 16.5. The van der Waals surface area contributed by atoms with E-state index < -0.39 is 24.3 Å². The number of aromatic amines is 1. The fourth-order valence-corrected chi connectivity index (χ4v) is 7.96. The molecule has 0 bridgehead atoms. The highest BCUT2D eigenvalue weighted by molar-refractivity contribution is 6.04. The molecule has 4 aliphatic heterocycles. The van der Waals surface area contributed by atoms with E-state index in [-0.39, 0.29) is 35.7 Å². The lowest BCUT2D eigenvalue weighted by Crippen LogP contribution is -2.56. The van der Waals surface area contributed by atoms with E-state index in [0.717, 1.165) is 70.7 Å². The van der Waals surface area contributed by atoms with Crippen molar-refractivity contribution in [2.45, 2.75) is 70.1 Å². The third-order valence-electron chi connectivity index (χ3n) is 11.2. The molecule has 4 amide bonds. The first-order valence-electron chi connectivity index (χ1n) is 19.0. The van der Waals surface area contributed by atoms with Gasteiger partial charge in [-0.05, 0) is 59.4 Å². The summed E-state index contributed by atoms with van der Waals surface area (Å²) in [4.78, 5) is 67.8. The summed E-state index contributed by atoms with van der Waals surface area (Å²) in [6.45, 7) is 5.88. The molecule has 4 aliphatic rings. The maximum absolute atomic E-state index is 13.7. The Kier molecular flexibility index (Phi) is 11.3. The molecule has 2 aromatic carbocycles. The van der Waals surface area contributed by atoms with Crippen molar-refractivity contribution in [3.8, 4) is 22.4 Å². The summed E-state index contributed by atoms with van der Waals surface area (Å²) in [5, 5.41) is 5.43. The quantitative estimate of drug-likeness (QED) is 0.236. The Morgan fingerprint density at radius 2 is 1.38 bits per heavy atom. The van der Waals surface area contributed by atoms with E-state index in [2.05, 4.69) is 69.1 Å². The SMILES string of the molecule is COC(=O)NC(C(=O)N1CCC[C@H]1c1ncc(-c2ccc(-c3ccc(C4=CN=C([C@@H]5CCCN5C(=O)[C@@H](NC(=O)OC)C(C)C)C4)cc3)cc2)[nH]1)C1COC1. The van der Waals surface area contributed by atoms with Gasteiger partial charge in [-0.1, -0.05) is 62.4 Å². The number of hydrogen-bond acceptors (Lipinski definition) is 9. The maximum atomic E-state index is 13.7. The van der Waals surface area contributed by atoms with Crippen molar-refractivity contribution in [2.75, 3.05) is 40.5 Å². The monoisotopic (exact) mass is 751 g/mol. The number of aromatic nitrogens is 2. The number of rotatable bonds is 11. The Labute approximate surface area is 320 Å². The zero-order valence-electron chi connectivity index (χ0n) is 31.7. The number of ether oxygens (including phenoxy) is 3. The molecule has 0 radical (unpaired) electrons. The van der Waals surface area contributed by atoms with Crippen molar-refractivity contribution in [2.24, 2.45) is 16.8 Å². The second-order valence-electron chi connectivity index (χ2n) is 14.9. The van der Waals surface area contributed by atoms with Crippen LogP contribution in [0.15, 0.2) is 65.9 Å². The number of amides is 4. The van der Waals surface area contributed by atoms with Gasteiger partial charge in [-0.2, -0.15) is 0 Å². The number of carbonyl (C=O) groups excluding carboxylic acids is 4. The minimum Gasteiger partial charge on any atom is -0.453 e. The molecule has 14 heteroatoms. The average molecular weight is 752 g/mol. The number of methoxy groups -OCH3 is 2. The molecule has 3 fully saturated rings. The second-order valence-corrected chi connectivity index (χ2v) is 14.9. The summed E-state index contributed by atoms with van der Waals surface area (Å²) in [6, 6.07) is 15.0. The van der Waals surface area contributed by atoms with Crippen LogP contribution in [0.25, 0.3) is 28.0 Å². The normalized spacial score (nSPS) is 20.7. The molecular formula is C41H49N7O7. The minimum absolute atomic E-state index is 0.0853.